The van der Waals surface area contributed by atoms with Crippen LogP contribution in [0.3, 0.4) is 0 Å². The van der Waals surface area contributed by atoms with Gasteiger partial charge in [0, 0.05) is 31.1 Å². The van der Waals surface area contributed by atoms with Gasteiger partial charge in [-0.3, -0.25) is 4.79 Å². The number of rotatable bonds is 3. The summed E-state index contributed by atoms with van der Waals surface area (Å²) in [6.07, 6.45) is 1.81. The second kappa shape index (κ2) is 3.45. The first-order valence-electron chi connectivity index (χ1n) is 5.21. The highest BCUT2D eigenvalue weighted by atomic mass is 32.1. The Labute approximate surface area is 98.9 Å². The van der Waals surface area contributed by atoms with E-state index in [0.717, 1.165) is 10.0 Å². The van der Waals surface area contributed by atoms with Crippen LogP contribution in [0.15, 0.2) is 6.20 Å². The van der Waals surface area contributed by atoms with Crippen molar-refractivity contribution in [3.05, 3.63) is 11.1 Å². The van der Waals surface area contributed by atoms with E-state index in [1.807, 2.05) is 39.0 Å². The number of nitrogens with zero attached hydrogens (tertiary/aromatic N) is 2. The minimum atomic E-state index is -0.699. The molecule has 5 heteroatoms. The monoisotopic (exact) mass is 240 g/mol. The minimum Gasteiger partial charge on any atom is -0.481 e. The van der Waals surface area contributed by atoms with E-state index in [-0.39, 0.29) is 17.3 Å². The van der Waals surface area contributed by atoms with Crippen molar-refractivity contribution in [2.24, 2.45) is 11.3 Å². The predicted octanol–water partition coefficient (Wildman–Crippen LogP) is 2.03. The molecule has 1 aromatic rings. The normalized spacial score (nSPS) is 26.5. The minimum absolute atomic E-state index is 0.121. The van der Waals surface area contributed by atoms with E-state index in [0.29, 0.717) is 0 Å². The standard InChI is InChI=1S/C11H16N2O2S/c1-11(2)7(8(11)9(14)15)6-5-12-10(16-6)13(3)4/h5,7-8H,1-4H3,(H,14,15)/t7-,8+/m0/s1. The van der Waals surface area contributed by atoms with Crippen LogP contribution in [-0.4, -0.2) is 30.2 Å². The second-order valence-electron chi connectivity index (χ2n) is 5.05. The molecule has 0 aliphatic heterocycles. The number of anilines is 1. The number of aromatic nitrogens is 1. The first kappa shape index (κ1) is 11.4. The lowest BCUT2D eigenvalue weighted by Gasteiger charge is -2.05. The van der Waals surface area contributed by atoms with Gasteiger partial charge in [-0.2, -0.15) is 0 Å². The lowest BCUT2D eigenvalue weighted by atomic mass is 10.1. The summed E-state index contributed by atoms with van der Waals surface area (Å²) in [5, 5.41) is 10.0. The number of thiazole rings is 1. The third-order valence-electron chi connectivity index (χ3n) is 3.29. The molecule has 0 aromatic carbocycles. The van der Waals surface area contributed by atoms with Crippen LogP contribution in [0.2, 0.25) is 0 Å². The van der Waals surface area contributed by atoms with Crippen molar-refractivity contribution in [2.75, 3.05) is 19.0 Å². The molecule has 1 aliphatic rings. The zero-order valence-electron chi connectivity index (χ0n) is 9.89. The Hall–Kier alpha value is -1.10. The predicted molar refractivity (Wildman–Crippen MR) is 64.1 cm³/mol. The topological polar surface area (TPSA) is 53.4 Å². The third-order valence-corrected chi connectivity index (χ3v) is 4.54. The SMILES string of the molecule is CN(C)c1ncc([C@H]2[C@H](C(=O)O)C2(C)C)s1. The summed E-state index contributed by atoms with van der Waals surface area (Å²) >= 11 is 1.59. The van der Waals surface area contributed by atoms with Gasteiger partial charge >= 0.3 is 5.97 Å². The van der Waals surface area contributed by atoms with E-state index < -0.39 is 5.97 Å². The van der Waals surface area contributed by atoms with Gasteiger partial charge in [0.15, 0.2) is 5.13 Å². The molecule has 0 unspecified atom stereocenters. The van der Waals surface area contributed by atoms with E-state index in [4.69, 9.17) is 5.11 Å². The fourth-order valence-corrected chi connectivity index (χ4v) is 3.43. The lowest BCUT2D eigenvalue weighted by Crippen LogP contribution is -2.07. The second-order valence-corrected chi connectivity index (χ2v) is 6.10. The molecule has 2 rings (SSSR count). The summed E-state index contributed by atoms with van der Waals surface area (Å²) in [6.45, 7) is 4.01. The van der Waals surface area contributed by atoms with Gasteiger partial charge < -0.3 is 10.0 Å². The Bertz CT molecular complexity index is 425. The third kappa shape index (κ3) is 1.59. The zero-order valence-corrected chi connectivity index (χ0v) is 10.7. The molecular formula is C11H16N2O2S. The Morgan fingerprint density at radius 2 is 2.19 bits per heavy atom. The molecule has 1 saturated carbocycles. The summed E-state index contributed by atoms with van der Waals surface area (Å²) in [7, 11) is 3.88. The lowest BCUT2D eigenvalue weighted by molar-refractivity contribution is -0.139. The number of carboxylic acids is 1. The number of carbonyl (C=O) groups is 1. The fraction of sp³-hybridized carbons (Fsp3) is 0.636. The van der Waals surface area contributed by atoms with Crippen molar-refractivity contribution in [2.45, 2.75) is 19.8 Å². The Morgan fingerprint density at radius 1 is 1.56 bits per heavy atom. The zero-order chi connectivity index (χ0) is 12.1. The van der Waals surface area contributed by atoms with Gasteiger partial charge in [0.1, 0.15) is 0 Å². The van der Waals surface area contributed by atoms with Gasteiger partial charge in [-0.05, 0) is 5.41 Å². The average Bonchev–Trinajstić information content (AvgIpc) is 2.60. The van der Waals surface area contributed by atoms with Crippen LogP contribution in [0, 0.1) is 11.3 Å². The van der Waals surface area contributed by atoms with Gasteiger partial charge in [-0.15, -0.1) is 11.3 Å². The smallest absolute Gasteiger partial charge is 0.307 e. The molecule has 1 aliphatic carbocycles. The van der Waals surface area contributed by atoms with Crippen molar-refractivity contribution < 1.29 is 9.90 Å². The molecule has 1 aromatic heterocycles. The molecule has 0 radical (unpaired) electrons. The van der Waals surface area contributed by atoms with Gasteiger partial charge in [0.2, 0.25) is 0 Å². The first-order chi connectivity index (χ1) is 7.35. The van der Waals surface area contributed by atoms with Crippen molar-refractivity contribution in [1.29, 1.82) is 0 Å². The molecule has 2 atom stereocenters. The first-order valence-corrected chi connectivity index (χ1v) is 6.03. The summed E-state index contributed by atoms with van der Waals surface area (Å²) in [6, 6.07) is 0. The molecule has 0 spiro atoms. The maximum atomic E-state index is 11.1. The number of hydrogen-bond donors (Lipinski definition) is 1. The summed E-state index contributed by atoms with van der Waals surface area (Å²) < 4.78 is 0. The molecule has 0 amide bonds. The number of carboxylic acid groups (broad SMARTS) is 1. The molecule has 1 N–H and O–H groups in total. The highest BCUT2D eigenvalue weighted by Crippen LogP contribution is 2.65. The van der Waals surface area contributed by atoms with E-state index in [9.17, 15) is 4.79 Å². The molecule has 0 bridgehead atoms. The van der Waals surface area contributed by atoms with Crippen LogP contribution in [0.4, 0.5) is 5.13 Å². The van der Waals surface area contributed by atoms with Crippen LogP contribution in [0.5, 0.6) is 0 Å². The van der Waals surface area contributed by atoms with Crippen LogP contribution in [0.25, 0.3) is 0 Å². The molecule has 4 nitrogen and oxygen atoms in total. The maximum Gasteiger partial charge on any atom is 0.307 e. The van der Waals surface area contributed by atoms with Gasteiger partial charge in [-0.25, -0.2) is 4.98 Å². The Kier molecular flexibility index (Phi) is 2.45. The molecule has 16 heavy (non-hydrogen) atoms. The van der Waals surface area contributed by atoms with Crippen molar-refractivity contribution in [3.8, 4) is 0 Å². The molecule has 0 saturated heterocycles. The van der Waals surface area contributed by atoms with Crippen LogP contribution >= 0.6 is 11.3 Å². The van der Waals surface area contributed by atoms with Gasteiger partial charge in [-0.1, -0.05) is 13.8 Å². The largest absolute Gasteiger partial charge is 0.481 e. The van der Waals surface area contributed by atoms with E-state index in [1.54, 1.807) is 11.3 Å². The average molecular weight is 240 g/mol. The maximum absolute atomic E-state index is 11.1. The Balaban J connectivity index is 2.23. The van der Waals surface area contributed by atoms with Crippen molar-refractivity contribution in [1.82, 2.24) is 4.98 Å². The summed E-state index contributed by atoms with van der Waals surface area (Å²) in [5.41, 5.74) is -0.137. The molecule has 88 valence electrons. The quantitative estimate of drug-likeness (QED) is 0.878. The molecular weight excluding hydrogens is 224 g/mol. The van der Waals surface area contributed by atoms with E-state index >= 15 is 0 Å². The van der Waals surface area contributed by atoms with E-state index in [1.165, 1.54) is 0 Å². The van der Waals surface area contributed by atoms with Crippen LogP contribution < -0.4 is 4.90 Å². The van der Waals surface area contributed by atoms with Crippen LogP contribution in [-0.2, 0) is 4.79 Å². The highest BCUT2D eigenvalue weighted by molar-refractivity contribution is 7.15. The van der Waals surface area contributed by atoms with Gasteiger partial charge in [0.25, 0.3) is 0 Å². The Morgan fingerprint density at radius 3 is 2.56 bits per heavy atom. The van der Waals surface area contributed by atoms with Crippen molar-refractivity contribution >= 4 is 22.4 Å². The summed E-state index contributed by atoms with van der Waals surface area (Å²) in [4.78, 5) is 18.4. The molecule has 1 fully saturated rings. The number of hydrogen-bond acceptors (Lipinski definition) is 4. The fourth-order valence-electron chi connectivity index (χ4n) is 2.26. The van der Waals surface area contributed by atoms with Gasteiger partial charge in [0.05, 0.1) is 5.92 Å². The number of aliphatic carboxylic acids is 1. The van der Waals surface area contributed by atoms with E-state index in [2.05, 4.69) is 4.98 Å². The van der Waals surface area contributed by atoms with Crippen LogP contribution in [0.1, 0.15) is 24.6 Å². The van der Waals surface area contributed by atoms with Crippen molar-refractivity contribution in [3.63, 3.8) is 0 Å². The highest BCUT2D eigenvalue weighted by Gasteiger charge is 2.63. The molecule has 1 heterocycles. The summed E-state index contributed by atoms with van der Waals surface area (Å²) in [5.74, 6) is -0.839.